The summed E-state index contributed by atoms with van der Waals surface area (Å²) in [5, 5.41) is 18.1. The minimum atomic E-state index is -5.08. The predicted molar refractivity (Wildman–Crippen MR) is 132 cm³/mol. The highest BCUT2D eigenvalue weighted by Gasteiger charge is 2.38. The van der Waals surface area contributed by atoms with E-state index in [9.17, 15) is 26.3 Å². The Morgan fingerprint density at radius 1 is 1.00 bits per heavy atom. The van der Waals surface area contributed by atoms with Crippen molar-refractivity contribution in [2.75, 3.05) is 37.6 Å². The zero-order chi connectivity index (χ0) is 29.5. The molecule has 214 valence electrons. The molecule has 0 amide bonds. The van der Waals surface area contributed by atoms with E-state index >= 15 is 0 Å². The number of likely N-dealkylation sites (N-methyl/N-ethyl adjacent to an activating group) is 1. The van der Waals surface area contributed by atoms with E-state index in [2.05, 4.69) is 43.1 Å². The van der Waals surface area contributed by atoms with Crippen LogP contribution in [0.5, 0.6) is 0 Å². The molecule has 0 saturated carbocycles. The van der Waals surface area contributed by atoms with Crippen molar-refractivity contribution in [2.24, 2.45) is 0 Å². The number of alkyl halides is 6. The zero-order valence-electron chi connectivity index (χ0n) is 20.3. The third kappa shape index (κ3) is 8.90. The smallest absolute Gasteiger partial charge is 0.475 e. The lowest BCUT2D eigenvalue weighted by molar-refractivity contribution is -0.193. The van der Waals surface area contributed by atoms with Crippen molar-refractivity contribution in [1.82, 2.24) is 19.9 Å². The van der Waals surface area contributed by atoms with Gasteiger partial charge in [-0.15, -0.1) is 11.3 Å². The molecule has 2 N–H and O–H groups in total. The first-order chi connectivity index (χ1) is 18.1. The van der Waals surface area contributed by atoms with E-state index in [1.54, 1.807) is 17.7 Å². The number of nitrogens with zero attached hydrogens (tertiary/aromatic N) is 5. The molecule has 3 aromatic rings. The van der Waals surface area contributed by atoms with Crippen molar-refractivity contribution in [1.29, 1.82) is 0 Å². The fourth-order valence-electron chi connectivity index (χ4n) is 3.29. The number of rotatable bonds is 3. The molecule has 39 heavy (non-hydrogen) atoms. The molecule has 3 aromatic heterocycles. The topological polar surface area (TPSA) is 120 Å². The van der Waals surface area contributed by atoms with Crippen LogP contribution in [0.15, 0.2) is 24.0 Å². The Morgan fingerprint density at radius 3 is 2.00 bits per heavy atom. The number of aromatic nitrogens is 3. The molecule has 0 radical (unpaired) electrons. The van der Waals surface area contributed by atoms with Gasteiger partial charge in [-0.05, 0) is 25.1 Å². The molecule has 9 nitrogen and oxygen atoms in total. The molecular formula is C22H22ClF6N5O4S. The number of pyridine rings is 1. The number of carbonyl (C=O) groups is 2. The quantitative estimate of drug-likeness (QED) is 0.311. The van der Waals surface area contributed by atoms with Crippen LogP contribution in [0.1, 0.15) is 12.5 Å². The Kier molecular flexibility index (Phi) is 10.8. The van der Waals surface area contributed by atoms with E-state index in [1.165, 1.54) is 0 Å². The number of aryl methyl sites for hydroxylation is 1. The van der Waals surface area contributed by atoms with E-state index in [0.29, 0.717) is 5.15 Å². The maximum absolute atomic E-state index is 10.6. The normalized spacial score (nSPS) is 14.2. The molecule has 1 fully saturated rings. The fraction of sp³-hybridized carbons (Fsp3) is 0.409. The monoisotopic (exact) mass is 601 g/mol. The van der Waals surface area contributed by atoms with Gasteiger partial charge in [0.15, 0.2) is 0 Å². The molecule has 0 aromatic carbocycles. The van der Waals surface area contributed by atoms with Crippen LogP contribution < -0.4 is 4.90 Å². The van der Waals surface area contributed by atoms with Gasteiger partial charge in [-0.3, -0.25) is 0 Å². The van der Waals surface area contributed by atoms with Crippen LogP contribution in [0, 0.1) is 6.92 Å². The highest BCUT2D eigenvalue weighted by atomic mass is 35.5. The van der Waals surface area contributed by atoms with E-state index in [1.807, 2.05) is 13.1 Å². The first-order valence-electron chi connectivity index (χ1n) is 11.0. The maximum Gasteiger partial charge on any atom is 0.490 e. The molecule has 1 aliphatic rings. The van der Waals surface area contributed by atoms with Gasteiger partial charge in [0.05, 0.1) is 5.39 Å². The number of aliphatic carboxylic acids is 2. The van der Waals surface area contributed by atoms with Gasteiger partial charge < -0.3 is 20.0 Å². The number of halogens is 7. The number of piperazine rings is 1. The van der Waals surface area contributed by atoms with Gasteiger partial charge in [0.25, 0.3) is 0 Å². The van der Waals surface area contributed by atoms with Gasteiger partial charge in [0.2, 0.25) is 0 Å². The Hall–Kier alpha value is -3.24. The second-order valence-corrected chi connectivity index (χ2v) is 9.10. The predicted octanol–water partition coefficient (Wildman–Crippen LogP) is 5.12. The Labute approximate surface area is 226 Å². The minimum absolute atomic E-state index is 0.551. The van der Waals surface area contributed by atoms with Crippen molar-refractivity contribution >= 4 is 50.9 Å². The maximum atomic E-state index is 10.6. The summed E-state index contributed by atoms with van der Waals surface area (Å²) >= 11 is 7.75. The Balaban J connectivity index is 0.000000317. The first-order valence-corrected chi connectivity index (χ1v) is 12.2. The van der Waals surface area contributed by atoms with E-state index in [0.717, 1.165) is 65.4 Å². The molecule has 0 aliphatic carbocycles. The molecule has 0 unspecified atom stereocenters. The van der Waals surface area contributed by atoms with Crippen molar-refractivity contribution in [3.8, 4) is 11.1 Å². The van der Waals surface area contributed by atoms with Crippen LogP contribution in [-0.4, -0.2) is 87.1 Å². The van der Waals surface area contributed by atoms with Crippen LogP contribution in [0.2, 0.25) is 5.15 Å². The second kappa shape index (κ2) is 13.2. The summed E-state index contributed by atoms with van der Waals surface area (Å²) in [5.74, 6) is -4.48. The van der Waals surface area contributed by atoms with Crippen molar-refractivity contribution < 1.29 is 46.1 Å². The SMILES string of the molecule is CCN1CCN(c2ncnc3scc(-c4cnc(Cl)c(C)c4)c23)CC1.O=C(O)C(F)(F)F.O=C(O)C(F)(F)F. The lowest BCUT2D eigenvalue weighted by atomic mass is 10.1. The van der Waals surface area contributed by atoms with Gasteiger partial charge in [0, 0.05) is 48.9 Å². The number of hydrogen-bond donors (Lipinski definition) is 2. The minimum Gasteiger partial charge on any atom is -0.475 e. The summed E-state index contributed by atoms with van der Waals surface area (Å²) in [5.41, 5.74) is 3.19. The number of fused-ring (bicyclic) bond motifs is 1. The van der Waals surface area contributed by atoms with Crippen LogP contribution in [0.25, 0.3) is 21.3 Å². The first kappa shape index (κ1) is 32.0. The second-order valence-electron chi connectivity index (χ2n) is 7.89. The molecule has 1 aliphatic heterocycles. The lowest BCUT2D eigenvalue weighted by Crippen LogP contribution is -2.46. The lowest BCUT2D eigenvalue weighted by Gasteiger charge is -2.35. The highest BCUT2D eigenvalue weighted by Crippen LogP contribution is 2.38. The van der Waals surface area contributed by atoms with Gasteiger partial charge in [0.1, 0.15) is 22.1 Å². The van der Waals surface area contributed by atoms with E-state index < -0.39 is 24.3 Å². The number of hydrogen-bond acceptors (Lipinski definition) is 8. The van der Waals surface area contributed by atoms with Crippen LogP contribution in [0.3, 0.4) is 0 Å². The largest absolute Gasteiger partial charge is 0.490 e. The summed E-state index contributed by atoms with van der Waals surface area (Å²) in [4.78, 5) is 37.1. The van der Waals surface area contributed by atoms with Gasteiger partial charge in [-0.2, -0.15) is 26.3 Å². The molecule has 0 atom stereocenters. The number of carboxylic acids is 2. The molecular weight excluding hydrogens is 580 g/mol. The van der Waals surface area contributed by atoms with Crippen LogP contribution in [-0.2, 0) is 9.59 Å². The molecule has 4 rings (SSSR count). The third-order valence-electron chi connectivity index (χ3n) is 5.28. The summed E-state index contributed by atoms with van der Waals surface area (Å²) < 4.78 is 63.5. The Morgan fingerprint density at radius 2 is 1.54 bits per heavy atom. The summed E-state index contributed by atoms with van der Waals surface area (Å²) in [7, 11) is 0. The summed E-state index contributed by atoms with van der Waals surface area (Å²) in [6.07, 6.45) is -6.65. The Bertz CT molecular complexity index is 1270. The highest BCUT2D eigenvalue weighted by molar-refractivity contribution is 7.17. The molecule has 4 heterocycles. The van der Waals surface area contributed by atoms with Gasteiger partial charge in [-0.25, -0.2) is 24.5 Å². The zero-order valence-corrected chi connectivity index (χ0v) is 21.9. The average Bonchev–Trinajstić information content (AvgIpc) is 3.30. The molecule has 1 saturated heterocycles. The van der Waals surface area contributed by atoms with Crippen molar-refractivity contribution in [3.63, 3.8) is 0 Å². The van der Waals surface area contributed by atoms with Gasteiger partial charge in [-0.1, -0.05) is 18.5 Å². The van der Waals surface area contributed by atoms with Crippen molar-refractivity contribution in [2.45, 2.75) is 26.2 Å². The standard InChI is InChI=1S/C18H20ClN5S.2C2HF3O2/c1-3-23-4-6-24(7-5-23)17-15-14(10-25-18(15)22-11-21-17)13-8-12(2)16(19)20-9-13;2*3-2(4,5)1(6)7/h8-11H,3-7H2,1-2H3;2*(H,6,7). The summed E-state index contributed by atoms with van der Waals surface area (Å²) in [6, 6.07) is 2.09. The fourth-order valence-corrected chi connectivity index (χ4v) is 4.31. The van der Waals surface area contributed by atoms with Crippen LogP contribution >= 0.6 is 22.9 Å². The van der Waals surface area contributed by atoms with Gasteiger partial charge >= 0.3 is 24.3 Å². The number of thiophene rings is 1. The number of anilines is 1. The summed E-state index contributed by atoms with van der Waals surface area (Å²) in [6.45, 7) is 9.43. The molecule has 0 bridgehead atoms. The van der Waals surface area contributed by atoms with Crippen molar-refractivity contribution in [3.05, 3.63) is 34.7 Å². The van der Waals surface area contributed by atoms with E-state index in [-0.39, 0.29) is 0 Å². The van der Waals surface area contributed by atoms with Crippen LogP contribution in [0.4, 0.5) is 32.2 Å². The number of carboxylic acid groups (broad SMARTS) is 2. The third-order valence-corrected chi connectivity index (χ3v) is 6.56. The molecule has 0 spiro atoms. The van der Waals surface area contributed by atoms with E-state index in [4.69, 9.17) is 31.4 Å². The molecule has 17 heteroatoms. The average molecular weight is 602 g/mol.